The lowest BCUT2D eigenvalue weighted by Crippen LogP contribution is -2.24. The summed E-state index contributed by atoms with van der Waals surface area (Å²) in [6.45, 7) is 3.33. The highest BCUT2D eigenvalue weighted by molar-refractivity contribution is 5.57. The molecule has 0 radical (unpaired) electrons. The Morgan fingerprint density at radius 3 is 1.44 bits per heavy atom. The first kappa shape index (κ1) is 33.2. The van der Waals surface area contributed by atoms with E-state index in [4.69, 9.17) is 0 Å². The average Bonchev–Trinajstić information content (AvgIpc) is 3.47. The van der Waals surface area contributed by atoms with Crippen LogP contribution in [0.5, 0.6) is 0 Å². The number of hydrogen-bond acceptors (Lipinski definition) is 4. The summed E-state index contributed by atoms with van der Waals surface area (Å²) in [5.41, 5.74) is 9.65. The molecule has 5 aromatic rings. The predicted molar refractivity (Wildman–Crippen MR) is 197 cm³/mol. The normalized spacial score (nSPS) is 12.6. The van der Waals surface area contributed by atoms with E-state index in [-0.39, 0.29) is 0 Å². The van der Waals surface area contributed by atoms with Crippen LogP contribution >= 0.6 is 0 Å². The molecule has 0 bridgehead atoms. The first-order valence-electron chi connectivity index (χ1n) is 16.0. The third-order valence-electron chi connectivity index (χ3n) is 8.19. The second-order valence-electron chi connectivity index (χ2n) is 11.9. The smallest absolute Gasteiger partial charge is 0.0426 e. The largest absolute Gasteiger partial charge is 0.378 e. The number of hydrogen-bond donors (Lipinski definition) is 0. The molecule has 5 aromatic carbocycles. The Hall–Kier alpha value is -4.70. The Balaban J connectivity index is 0.000000139. The highest BCUT2D eigenvalue weighted by Gasteiger charge is 2.13. The number of nitrogens with zero attached hydrogens (tertiary/aromatic N) is 4. The van der Waals surface area contributed by atoms with Gasteiger partial charge in [-0.05, 0) is 72.4 Å². The molecule has 0 aromatic heterocycles. The maximum absolute atomic E-state index is 2.33. The Bertz CT molecular complexity index is 1520. The van der Waals surface area contributed by atoms with Crippen molar-refractivity contribution in [1.82, 2.24) is 0 Å². The van der Waals surface area contributed by atoms with E-state index in [1.807, 2.05) is 44.4 Å². The van der Waals surface area contributed by atoms with Gasteiger partial charge in [0.2, 0.25) is 0 Å². The first-order valence-corrected chi connectivity index (χ1v) is 16.0. The van der Waals surface area contributed by atoms with E-state index in [0.29, 0.717) is 0 Å². The van der Waals surface area contributed by atoms with Gasteiger partial charge < -0.3 is 19.6 Å². The van der Waals surface area contributed by atoms with E-state index in [0.717, 1.165) is 6.54 Å². The minimum absolute atomic E-state index is 0.949. The molecule has 0 N–H and O–H groups in total. The first-order chi connectivity index (χ1) is 21.9. The summed E-state index contributed by atoms with van der Waals surface area (Å²) in [7, 11) is 10.5. The Morgan fingerprint density at radius 2 is 0.933 bits per heavy atom. The summed E-state index contributed by atoms with van der Waals surface area (Å²) in [5, 5.41) is 0. The van der Waals surface area contributed by atoms with E-state index >= 15 is 0 Å². The number of rotatable bonds is 4. The third kappa shape index (κ3) is 10.5. The van der Waals surface area contributed by atoms with Crippen LogP contribution < -0.4 is 19.6 Å². The highest BCUT2D eigenvalue weighted by atomic mass is 15.1. The number of likely N-dealkylation sites (N-methyl/N-ethyl adjacent to an activating group) is 1. The van der Waals surface area contributed by atoms with Gasteiger partial charge in [0.15, 0.2) is 0 Å². The topological polar surface area (TPSA) is 13.0 Å². The number of fused-ring (bicyclic) bond motifs is 2. The van der Waals surface area contributed by atoms with Crippen LogP contribution in [0.4, 0.5) is 22.7 Å². The molecule has 4 heteroatoms. The zero-order chi connectivity index (χ0) is 31.9. The highest BCUT2D eigenvalue weighted by Crippen LogP contribution is 2.26. The van der Waals surface area contributed by atoms with Crippen molar-refractivity contribution >= 4 is 22.7 Å². The van der Waals surface area contributed by atoms with Crippen molar-refractivity contribution in [1.29, 1.82) is 0 Å². The Labute approximate surface area is 272 Å². The van der Waals surface area contributed by atoms with Crippen LogP contribution in [0.1, 0.15) is 23.1 Å². The lowest BCUT2D eigenvalue weighted by molar-refractivity contribution is 0.744. The molecule has 4 nitrogen and oxygen atoms in total. The summed E-state index contributed by atoms with van der Waals surface area (Å²) in [6, 6.07) is 48.5. The summed E-state index contributed by atoms with van der Waals surface area (Å²) in [5.74, 6) is 0. The second kappa shape index (κ2) is 17.6. The minimum Gasteiger partial charge on any atom is -0.378 e. The van der Waals surface area contributed by atoms with E-state index in [1.54, 1.807) is 0 Å². The van der Waals surface area contributed by atoms with Crippen molar-refractivity contribution in [3.05, 3.63) is 156 Å². The molecule has 0 fully saturated rings. The standard InChI is InChI=1S/C14H15N.C10H13N.C9H11N.C8H11N/c1-15(14-10-6-3-7-11-14)12-13-8-4-2-5-9-13;1-11-8-4-6-9-5-2-3-7-10(9)11;1-10-7-6-8-4-2-3-5-9(8)10;1-9(2)8-6-4-3-5-7-8/h2-11H,12H2,1H3;2-3,5,7H,4,6,8H2,1H3;2-5H,6-7H2,1H3;3-7H,1-2H3. The van der Waals surface area contributed by atoms with Crippen molar-refractivity contribution < 1.29 is 0 Å². The zero-order valence-corrected chi connectivity index (χ0v) is 27.8. The number of para-hydroxylation sites is 4. The average molecular weight is 599 g/mol. The van der Waals surface area contributed by atoms with Crippen molar-refractivity contribution in [2.45, 2.75) is 25.8 Å². The molecule has 0 atom stereocenters. The van der Waals surface area contributed by atoms with Crippen LogP contribution in [0.15, 0.2) is 140 Å². The molecule has 2 aliphatic rings. The van der Waals surface area contributed by atoms with Gasteiger partial charge in [0.1, 0.15) is 0 Å². The lowest BCUT2D eigenvalue weighted by Gasteiger charge is -2.26. The summed E-state index contributed by atoms with van der Waals surface area (Å²) in [6.07, 6.45) is 3.76. The van der Waals surface area contributed by atoms with E-state index in [1.165, 1.54) is 71.8 Å². The van der Waals surface area contributed by atoms with Crippen LogP contribution in [0, 0.1) is 0 Å². The molecule has 2 heterocycles. The van der Waals surface area contributed by atoms with Gasteiger partial charge in [-0.1, -0.05) is 103 Å². The van der Waals surface area contributed by atoms with E-state index in [9.17, 15) is 0 Å². The van der Waals surface area contributed by atoms with Crippen LogP contribution in [0.3, 0.4) is 0 Å². The SMILES string of the molecule is CN(C)c1ccccc1.CN(Cc1ccccc1)c1ccccc1.CN1CCCc2ccccc21.CN1CCc2ccccc21. The molecule has 2 aliphatic heterocycles. The van der Waals surface area contributed by atoms with Crippen molar-refractivity contribution in [2.24, 2.45) is 0 Å². The molecule has 0 amide bonds. The Kier molecular flexibility index (Phi) is 13.0. The van der Waals surface area contributed by atoms with E-state index in [2.05, 4.69) is 150 Å². The fourth-order valence-electron chi connectivity index (χ4n) is 5.58. The van der Waals surface area contributed by atoms with Gasteiger partial charge >= 0.3 is 0 Å². The molecule has 7 rings (SSSR count). The van der Waals surface area contributed by atoms with Gasteiger partial charge in [-0.3, -0.25) is 0 Å². The van der Waals surface area contributed by atoms with E-state index < -0.39 is 0 Å². The monoisotopic (exact) mass is 598 g/mol. The molecule has 0 saturated carbocycles. The lowest BCUT2D eigenvalue weighted by atomic mass is 10.0. The zero-order valence-electron chi connectivity index (χ0n) is 27.8. The molecule has 234 valence electrons. The maximum Gasteiger partial charge on any atom is 0.0426 e. The fraction of sp³-hybridized carbons (Fsp3) is 0.268. The van der Waals surface area contributed by atoms with Crippen LogP contribution in [0.2, 0.25) is 0 Å². The second-order valence-corrected chi connectivity index (χ2v) is 11.9. The molecule has 0 saturated heterocycles. The van der Waals surface area contributed by atoms with Crippen molar-refractivity contribution in [2.75, 3.05) is 67.9 Å². The fourth-order valence-corrected chi connectivity index (χ4v) is 5.58. The summed E-state index contributed by atoms with van der Waals surface area (Å²) >= 11 is 0. The summed E-state index contributed by atoms with van der Waals surface area (Å²) in [4.78, 5) is 8.96. The van der Waals surface area contributed by atoms with Crippen molar-refractivity contribution in [3.8, 4) is 0 Å². The molecule has 0 aliphatic carbocycles. The van der Waals surface area contributed by atoms with Gasteiger partial charge in [0, 0.05) is 77.6 Å². The molecular formula is C41H50N4. The quantitative estimate of drug-likeness (QED) is 0.205. The van der Waals surface area contributed by atoms with Gasteiger partial charge in [0.25, 0.3) is 0 Å². The maximum atomic E-state index is 2.33. The molecule has 0 spiro atoms. The van der Waals surface area contributed by atoms with Crippen LogP contribution in [-0.4, -0.2) is 48.3 Å². The number of benzene rings is 5. The van der Waals surface area contributed by atoms with Gasteiger partial charge in [-0.25, -0.2) is 0 Å². The molecule has 45 heavy (non-hydrogen) atoms. The predicted octanol–water partition coefficient (Wildman–Crippen LogP) is 8.82. The minimum atomic E-state index is 0.949. The molecular weight excluding hydrogens is 548 g/mol. The van der Waals surface area contributed by atoms with Crippen LogP contribution in [0.25, 0.3) is 0 Å². The number of anilines is 4. The van der Waals surface area contributed by atoms with Gasteiger partial charge in [-0.2, -0.15) is 0 Å². The molecule has 0 unspecified atom stereocenters. The number of aryl methyl sites for hydroxylation is 1. The van der Waals surface area contributed by atoms with Crippen molar-refractivity contribution in [3.63, 3.8) is 0 Å². The van der Waals surface area contributed by atoms with Gasteiger partial charge in [-0.15, -0.1) is 0 Å². The van der Waals surface area contributed by atoms with Gasteiger partial charge in [0.05, 0.1) is 0 Å². The van der Waals surface area contributed by atoms with Crippen LogP contribution in [-0.2, 0) is 19.4 Å². The Morgan fingerprint density at radius 1 is 0.489 bits per heavy atom. The summed E-state index contributed by atoms with van der Waals surface area (Å²) < 4.78 is 0. The third-order valence-corrected chi connectivity index (χ3v) is 8.19.